The Kier molecular flexibility index (Phi) is 7.68. The van der Waals surface area contributed by atoms with Crippen LogP contribution in [-0.4, -0.2) is 44.5 Å². The Balaban J connectivity index is 0.00000261. The molecule has 3 rings (SSSR count). The summed E-state index contributed by atoms with van der Waals surface area (Å²) in [6.45, 7) is 1.62. The van der Waals surface area contributed by atoms with Crippen molar-refractivity contribution >= 4 is 33.8 Å². The van der Waals surface area contributed by atoms with Crippen LogP contribution in [0.5, 0.6) is 0 Å². The predicted molar refractivity (Wildman–Crippen MR) is 109 cm³/mol. The number of rotatable bonds is 6. The Morgan fingerprint density at radius 3 is 2.33 bits per heavy atom. The lowest BCUT2D eigenvalue weighted by molar-refractivity contribution is -0.119. The number of carbonyl (C=O) groups excluding carboxylic acids is 1. The van der Waals surface area contributed by atoms with E-state index in [4.69, 9.17) is 4.74 Å². The number of hydrogen-bond acceptors (Lipinski definition) is 5. The van der Waals surface area contributed by atoms with E-state index in [1.807, 2.05) is 24.3 Å². The summed E-state index contributed by atoms with van der Waals surface area (Å²) in [6, 6.07) is 7.45. The number of piperidine rings is 1. The summed E-state index contributed by atoms with van der Waals surface area (Å²) in [4.78, 5) is 12.8. The molecule has 8 heteroatoms. The zero-order valence-corrected chi connectivity index (χ0v) is 17.3. The number of carbonyl (C=O) groups is 1. The molecule has 0 spiro atoms. The summed E-state index contributed by atoms with van der Waals surface area (Å²) in [5, 5.41) is 5.91. The summed E-state index contributed by atoms with van der Waals surface area (Å²) in [5.74, 6) is -0.434. The van der Waals surface area contributed by atoms with Gasteiger partial charge in [0.2, 0.25) is 5.91 Å². The molecule has 6 nitrogen and oxygen atoms in total. The Bertz CT molecular complexity index is 725. The second kappa shape index (κ2) is 9.37. The van der Waals surface area contributed by atoms with Gasteiger partial charge in [0, 0.05) is 11.9 Å². The third kappa shape index (κ3) is 5.22. The van der Waals surface area contributed by atoms with Crippen LogP contribution in [0.1, 0.15) is 44.1 Å². The molecule has 2 N–H and O–H groups in total. The number of hydrogen-bond donors (Lipinski definition) is 2. The van der Waals surface area contributed by atoms with Crippen LogP contribution >= 0.6 is 12.4 Å². The maximum atomic E-state index is 12.8. The fraction of sp³-hybridized carbons (Fsp3) is 0.632. The molecule has 1 aromatic rings. The van der Waals surface area contributed by atoms with Gasteiger partial charge in [0.25, 0.3) is 0 Å². The third-order valence-corrected chi connectivity index (χ3v) is 7.55. The summed E-state index contributed by atoms with van der Waals surface area (Å²) in [5.41, 5.74) is 1.66. The second-order valence-electron chi connectivity index (χ2n) is 7.38. The van der Waals surface area contributed by atoms with Gasteiger partial charge in [-0.2, -0.15) is 0 Å². The van der Waals surface area contributed by atoms with Gasteiger partial charge in [0.1, 0.15) is 0 Å². The van der Waals surface area contributed by atoms with Crippen LogP contribution in [0.4, 0.5) is 5.69 Å². The van der Waals surface area contributed by atoms with E-state index in [1.54, 1.807) is 0 Å². The van der Waals surface area contributed by atoms with E-state index in [9.17, 15) is 13.2 Å². The van der Waals surface area contributed by atoms with E-state index < -0.39 is 20.5 Å². The highest BCUT2D eigenvalue weighted by Gasteiger charge is 2.48. The zero-order valence-electron chi connectivity index (χ0n) is 15.7. The van der Waals surface area contributed by atoms with Gasteiger partial charge in [-0.3, -0.25) is 4.79 Å². The average molecular weight is 417 g/mol. The lowest BCUT2D eigenvalue weighted by atomic mass is 9.95. The molecule has 2 aliphatic rings. The molecule has 1 aromatic carbocycles. The van der Waals surface area contributed by atoms with Crippen molar-refractivity contribution in [1.29, 1.82) is 0 Å². The first-order valence-electron chi connectivity index (χ1n) is 9.33. The van der Waals surface area contributed by atoms with Gasteiger partial charge in [0.05, 0.1) is 12.7 Å². The van der Waals surface area contributed by atoms with Gasteiger partial charge in [-0.1, -0.05) is 25.0 Å². The lowest BCUT2D eigenvalue weighted by Crippen LogP contribution is -2.55. The van der Waals surface area contributed by atoms with E-state index in [-0.39, 0.29) is 12.4 Å². The molecular formula is C19H29ClN2O4S. The average Bonchev–Trinajstić information content (AvgIpc) is 3.14. The van der Waals surface area contributed by atoms with Gasteiger partial charge in [0.15, 0.2) is 14.6 Å². The van der Waals surface area contributed by atoms with Gasteiger partial charge in [-0.15, -0.1) is 12.4 Å². The summed E-state index contributed by atoms with van der Waals surface area (Å²) in [7, 11) is -3.51. The molecule has 1 amide bonds. The minimum Gasteiger partial charge on any atom is -0.374 e. The van der Waals surface area contributed by atoms with E-state index >= 15 is 0 Å². The Morgan fingerprint density at radius 1 is 1.19 bits per heavy atom. The zero-order chi connectivity index (χ0) is 18.6. The van der Waals surface area contributed by atoms with Crippen LogP contribution in [0.3, 0.4) is 0 Å². The van der Waals surface area contributed by atoms with Crippen molar-refractivity contribution in [2.45, 2.75) is 56.0 Å². The number of sulfone groups is 1. The van der Waals surface area contributed by atoms with Crippen molar-refractivity contribution in [3.8, 4) is 0 Å². The highest BCUT2D eigenvalue weighted by molar-refractivity contribution is 7.92. The molecule has 0 aromatic heterocycles. The number of ether oxygens (including phenoxy) is 1. The summed E-state index contributed by atoms with van der Waals surface area (Å²) < 4.78 is 29.1. The van der Waals surface area contributed by atoms with Crippen molar-refractivity contribution in [3.63, 3.8) is 0 Å². The first-order chi connectivity index (χ1) is 12.4. The maximum absolute atomic E-state index is 12.8. The van der Waals surface area contributed by atoms with Crippen LogP contribution < -0.4 is 10.6 Å². The molecule has 0 atom stereocenters. The third-order valence-electron chi connectivity index (χ3n) is 5.53. The van der Waals surface area contributed by atoms with Gasteiger partial charge in [-0.25, -0.2) is 8.42 Å². The molecule has 1 aliphatic heterocycles. The monoisotopic (exact) mass is 416 g/mol. The van der Waals surface area contributed by atoms with Crippen LogP contribution in [0.25, 0.3) is 0 Å². The van der Waals surface area contributed by atoms with E-state index in [0.29, 0.717) is 44.3 Å². The van der Waals surface area contributed by atoms with Crippen LogP contribution in [-0.2, 0) is 26.0 Å². The Labute approximate surface area is 167 Å². The molecule has 0 radical (unpaired) electrons. The number of nitrogens with one attached hydrogen (secondary N) is 2. The smallest absolute Gasteiger partial charge is 0.245 e. The molecule has 0 unspecified atom stereocenters. The predicted octanol–water partition coefficient (Wildman–Crippen LogP) is 2.67. The highest BCUT2D eigenvalue weighted by atomic mass is 35.5. The summed E-state index contributed by atoms with van der Waals surface area (Å²) >= 11 is 0. The normalized spacial score (nSPS) is 20.0. The fourth-order valence-electron chi connectivity index (χ4n) is 3.80. The number of halogens is 1. The lowest BCUT2D eigenvalue weighted by Gasteiger charge is -2.34. The SMILES string of the molecule is CS(=O)(=O)C1(C(=O)Nc2ccc(COC3CCCC3)cc2)CCNCC1.Cl. The van der Waals surface area contributed by atoms with Crippen molar-refractivity contribution in [2.75, 3.05) is 24.7 Å². The highest BCUT2D eigenvalue weighted by Crippen LogP contribution is 2.29. The molecule has 0 bridgehead atoms. The molecule has 1 saturated heterocycles. The fourth-order valence-corrected chi connectivity index (χ4v) is 5.13. The second-order valence-corrected chi connectivity index (χ2v) is 9.71. The van der Waals surface area contributed by atoms with E-state index in [2.05, 4.69) is 10.6 Å². The minimum absolute atomic E-state index is 0. The van der Waals surface area contributed by atoms with E-state index in [0.717, 1.165) is 24.7 Å². The molecule has 2 fully saturated rings. The number of anilines is 1. The van der Waals surface area contributed by atoms with Gasteiger partial charge >= 0.3 is 0 Å². The summed E-state index contributed by atoms with van der Waals surface area (Å²) in [6.07, 6.45) is 6.87. The van der Waals surface area contributed by atoms with Crippen LogP contribution in [0, 0.1) is 0 Å². The minimum atomic E-state index is -3.51. The molecule has 152 valence electrons. The van der Waals surface area contributed by atoms with Crippen molar-refractivity contribution in [2.24, 2.45) is 0 Å². The largest absolute Gasteiger partial charge is 0.374 e. The maximum Gasteiger partial charge on any atom is 0.245 e. The molecule has 27 heavy (non-hydrogen) atoms. The Hall–Kier alpha value is -1.15. The van der Waals surface area contributed by atoms with E-state index in [1.165, 1.54) is 12.8 Å². The van der Waals surface area contributed by atoms with Crippen molar-refractivity contribution in [3.05, 3.63) is 29.8 Å². The Morgan fingerprint density at radius 2 is 1.78 bits per heavy atom. The number of amides is 1. The van der Waals surface area contributed by atoms with Gasteiger partial charge < -0.3 is 15.4 Å². The standard InChI is InChI=1S/C19H28N2O4S.ClH/c1-26(23,24)19(10-12-20-13-11-19)18(22)21-16-8-6-15(7-9-16)14-25-17-4-2-3-5-17;/h6-9,17,20H,2-5,10-14H2,1H3,(H,21,22);1H. The van der Waals surface area contributed by atoms with Crippen LogP contribution in [0.2, 0.25) is 0 Å². The molecular weight excluding hydrogens is 388 g/mol. The molecule has 1 saturated carbocycles. The number of benzene rings is 1. The van der Waals surface area contributed by atoms with Crippen LogP contribution in [0.15, 0.2) is 24.3 Å². The molecule has 1 heterocycles. The first kappa shape index (κ1) is 22.1. The molecule has 1 aliphatic carbocycles. The van der Waals surface area contributed by atoms with Crippen molar-refractivity contribution in [1.82, 2.24) is 5.32 Å². The first-order valence-corrected chi connectivity index (χ1v) is 11.2. The van der Waals surface area contributed by atoms with Gasteiger partial charge in [-0.05, 0) is 56.5 Å². The topological polar surface area (TPSA) is 84.5 Å². The van der Waals surface area contributed by atoms with Crippen molar-refractivity contribution < 1.29 is 17.9 Å². The quantitative estimate of drug-likeness (QED) is 0.744.